The predicted octanol–water partition coefficient (Wildman–Crippen LogP) is 2.93. The number of fused-ring (bicyclic) bond motifs is 3. The quantitative estimate of drug-likeness (QED) is 0.688. The predicted molar refractivity (Wildman–Crippen MR) is 85.6 cm³/mol. The lowest BCUT2D eigenvalue weighted by molar-refractivity contribution is 0.380. The SMILES string of the molecule is O=S1(=O)COc2ccccc2-c2nc(-c3ccccc3)ncc21. The van der Waals surface area contributed by atoms with E-state index >= 15 is 0 Å². The first kappa shape index (κ1) is 13.9. The Morgan fingerprint density at radius 3 is 2.52 bits per heavy atom. The standard InChI is InChI=1S/C17H12N2O3S/c20-23(21)11-22-14-9-5-4-8-13(14)16-15(23)10-18-17(19-16)12-6-2-1-3-7-12/h1-10H,11H2. The number of nitrogens with zero attached hydrogens (tertiary/aromatic N) is 2. The zero-order chi connectivity index (χ0) is 15.9. The number of para-hydroxylation sites is 1. The summed E-state index contributed by atoms with van der Waals surface area (Å²) in [6.07, 6.45) is 1.37. The molecule has 5 nitrogen and oxygen atoms in total. The fourth-order valence-corrected chi connectivity index (χ4v) is 3.58. The Morgan fingerprint density at radius 1 is 0.957 bits per heavy atom. The normalized spacial score (nSPS) is 15.0. The van der Waals surface area contributed by atoms with Crippen molar-refractivity contribution in [2.75, 3.05) is 5.94 Å². The summed E-state index contributed by atoms with van der Waals surface area (Å²) in [5.74, 6) is 0.578. The molecule has 3 aromatic rings. The molecule has 0 N–H and O–H groups in total. The van der Waals surface area contributed by atoms with Gasteiger partial charge in [-0.2, -0.15) is 0 Å². The average Bonchev–Trinajstić information content (AvgIpc) is 2.71. The monoisotopic (exact) mass is 324 g/mol. The molecule has 2 aromatic carbocycles. The fourth-order valence-electron chi connectivity index (χ4n) is 2.51. The molecular formula is C17H12N2O3S. The number of hydrogen-bond donors (Lipinski definition) is 0. The maximum atomic E-state index is 12.4. The molecule has 0 amide bonds. The minimum atomic E-state index is -3.59. The van der Waals surface area contributed by atoms with Gasteiger partial charge < -0.3 is 4.74 Å². The summed E-state index contributed by atoms with van der Waals surface area (Å²) >= 11 is 0. The van der Waals surface area contributed by atoms with Crippen LogP contribution in [-0.4, -0.2) is 24.3 Å². The van der Waals surface area contributed by atoms with Gasteiger partial charge in [-0.05, 0) is 12.1 Å². The number of ether oxygens (including phenoxy) is 1. The Bertz CT molecular complexity index is 986. The van der Waals surface area contributed by atoms with Gasteiger partial charge in [-0.25, -0.2) is 18.4 Å². The van der Waals surface area contributed by atoms with Crippen molar-refractivity contribution in [1.82, 2.24) is 9.97 Å². The average molecular weight is 324 g/mol. The van der Waals surface area contributed by atoms with E-state index in [0.29, 0.717) is 22.8 Å². The number of aromatic nitrogens is 2. The maximum absolute atomic E-state index is 12.4. The molecule has 0 aliphatic carbocycles. The first-order chi connectivity index (χ1) is 11.1. The second kappa shape index (κ2) is 5.17. The highest BCUT2D eigenvalue weighted by atomic mass is 32.2. The van der Waals surface area contributed by atoms with E-state index in [-0.39, 0.29) is 4.90 Å². The highest BCUT2D eigenvalue weighted by Gasteiger charge is 2.28. The first-order valence-corrected chi connectivity index (χ1v) is 8.68. The number of rotatable bonds is 1. The molecule has 0 radical (unpaired) electrons. The van der Waals surface area contributed by atoms with E-state index in [4.69, 9.17) is 4.74 Å². The minimum Gasteiger partial charge on any atom is -0.477 e. The molecule has 0 atom stereocenters. The lowest BCUT2D eigenvalue weighted by Gasteiger charge is -2.08. The van der Waals surface area contributed by atoms with E-state index in [1.165, 1.54) is 6.20 Å². The Morgan fingerprint density at radius 2 is 1.70 bits per heavy atom. The molecule has 6 heteroatoms. The second-order valence-electron chi connectivity index (χ2n) is 5.15. The Balaban J connectivity index is 2.01. The van der Waals surface area contributed by atoms with Crippen LogP contribution in [-0.2, 0) is 9.84 Å². The van der Waals surface area contributed by atoms with Crippen molar-refractivity contribution in [3.8, 4) is 28.4 Å². The minimum absolute atomic E-state index is 0.0992. The van der Waals surface area contributed by atoms with Gasteiger partial charge in [0.2, 0.25) is 9.84 Å². The zero-order valence-corrected chi connectivity index (χ0v) is 12.8. The van der Waals surface area contributed by atoms with E-state index in [1.54, 1.807) is 18.2 Å². The molecule has 2 heterocycles. The van der Waals surface area contributed by atoms with E-state index < -0.39 is 15.8 Å². The molecule has 1 aliphatic rings. The van der Waals surface area contributed by atoms with Crippen molar-refractivity contribution in [2.24, 2.45) is 0 Å². The molecule has 4 rings (SSSR count). The Kier molecular flexibility index (Phi) is 3.12. The highest BCUT2D eigenvalue weighted by Crippen LogP contribution is 2.37. The molecule has 0 fully saturated rings. The third kappa shape index (κ3) is 2.37. The summed E-state index contributed by atoms with van der Waals surface area (Å²) in [5, 5.41) is 0. The van der Waals surface area contributed by atoms with Crippen LogP contribution in [0.5, 0.6) is 5.75 Å². The number of hydrogen-bond acceptors (Lipinski definition) is 5. The van der Waals surface area contributed by atoms with Crippen molar-refractivity contribution in [3.05, 3.63) is 60.8 Å². The lowest BCUT2D eigenvalue weighted by Crippen LogP contribution is -2.12. The topological polar surface area (TPSA) is 69.2 Å². The third-order valence-electron chi connectivity index (χ3n) is 3.63. The first-order valence-electron chi connectivity index (χ1n) is 7.02. The molecule has 114 valence electrons. The molecule has 0 unspecified atom stereocenters. The van der Waals surface area contributed by atoms with Crippen molar-refractivity contribution in [3.63, 3.8) is 0 Å². The van der Waals surface area contributed by atoms with Crippen LogP contribution < -0.4 is 4.74 Å². The van der Waals surface area contributed by atoms with Gasteiger partial charge in [-0.3, -0.25) is 0 Å². The second-order valence-corrected chi connectivity index (χ2v) is 7.05. The summed E-state index contributed by atoms with van der Waals surface area (Å²) in [5.41, 5.74) is 1.87. The number of sulfone groups is 1. The fraction of sp³-hybridized carbons (Fsp3) is 0.0588. The van der Waals surface area contributed by atoms with E-state index in [0.717, 1.165) is 5.56 Å². The lowest BCUT2D eigenvalue weighted by atomic mass is 10.1. The molecular weight excluding hydrogens is 312 g/mol. The van der Waals surface area contributed by atoms with Crippen molar-refractivity contribution >= 4 is 9.84 Å². The van der Waals surface area contributed by atoms with E-state index in [2.05, 4.69) is 9.97 Å². The Labute approximate surface area is 133 Å². The molecule has 0 spiro atoms. The molecule has 0 saturated carbocycles. The van der Waals surface area contributed by atoms with Gasteiger partial charge in [0.25, 0.3) is 0 Å². The third-order valence-corrected chi connectivity index (χ3v) is 5.03. The number of benzene rings is 2. The summed E-state index contributed by atoms with van der Waals surface area (Å²) in [7, 11) is -3.59. The molecule has 1 aliphatic heterocycles. The van der Waals surface area contributed by atoms with Crippen LogP contribution in [0.3, 0.4) is 0 Å². The van der Waals surface area contributed by atoms with E-state index in [9.17, 15) is 8.42 Å². The van der Waals surface area contributed by atoms with Crippen LogP contribution in [0.1, 0.15) is 0 Å². The van der Waals surface area contributed by atoms with Gasteiger partial charge in [-0.15, -0.1) is 0 Å². The van der Waals surface area contributed by atoms with Crippen LogP contribution in [0, 0.1) is 0 Å². The van der Waals surface area contributed by atoms with Crippen LogP contribution in [0.2, 0.25) is 0 Å². The van der Waals surface area contributed by atoms with Gasteiger partial charge in [0, 0.05) is 11.1 Å². The molecule has 1 aromatic heterocycles. The summed E-state index contributed by atoms with van der Waals surface area (Å²) in [6, 6.07) is 16.6. The highest BCUT2D eigenvalue weighted by molar-refractivity contribution is 7.91. The van der Waals surface area contributed by atoms with E-state index in [1.807, 2.05) is 36.4 Å². The molecule has 0 saturated heterocycles. The van der Waals surface area contributed by atoms with Gasteiger partial charge in [0.05, 0.1) is 11.9 Å². The largest absolute Gasteiger partial charge is 0.477 e. The van der Waals surface area contributed by atoms with Gasteiger partial charge in [0.1, 0.15) is 10.6 Å². The van der Waals surface area contributed by atoms with Gasteiger partial charge in [0.15, 0.2) is 11.8 Å². The van der Waals surface area contributed by atoms with Crippen molar-refractivity contribution in [1.29, 1.82) is 0 Å². The smallest absolute Gasteiger partial charge is 0.216 e. The summed E-state index contributed by atoms with van der Waals surface area (Å²) < 4.78 is 30.2. The van der Waals surface area contributed by atoms with Crippen LogP contribution in [0.4, 0.5) is 0 Å². The zero-order valence-electron chi connectivity index (χ0n) is 12.0. The van der Waals surface area contributed by atoms with Crippen LogP contribution >= 0.6 is 0 Å². The van der Waals surface area contributed by atoms with Gasteiger partial charge >= 0.3 is 0 Å². The van der Waals surface area contributed by atoms with Gasteiger partial charge in [-0.1, -0.05) is 42.5 Å². The Hall–Kier alpha value is -2.73. The van der Waals surface area contributed by atoms with Crippen LogP contribution in [0.15, 0.2) is 65.7 Å². The molecule has 0 bridgehead atoms. The summed E-state index contributed by atoms with van der Waals surface area (Å²) in [6.45, 7) is 0. The maximum Gasteiger partial charge on any atom is 0.216 e. The van der Waals surface area contributed by atoms with Crippen molar-refractivity contribution in [2.45, 2.75) is 4.90 Å². The van der Waals surface area contributed by atoms with Crippen LogP contribution in [0.25, 0.3) is 22.6 Å². The molecule has 23 heavy (non-hydrogen) atoms. The summed E-state index contributed by atoms with van der Waals surface area (Å²) in [4.78, 5) is 8.84. The van der Waals surface area contributed by atoms with Crippen molar-refractivity contribution < 1.29 is 13.2 Å².